The molecule has 0 unspecified atom stereocenters. The van der Waals surface area contributed by atoms with Crippen LogP contribution < -0.4 is 5.32 Å². The highest BCUT2D eigenvalue weighted by atomic mass is 16.3. The first-order valence-corrected chi connectivity index (χ1v) is 6.60. The molecule has 0 atom stereocenters. The molecule has 0 bridgehead atoms. The minimum absolute atomic E-state index is 0.124. The van der Waals surface area contributed by atoms with Gasteiger partial charge in [0.1, 0.15) is 0 Å². The van der Waals surface area contributed by atoms with Gasteiger partial charge in [-0.05, 0) is 29.7 Å². The van der Waals surface area contributed by atoms with E-state index >= 15 is 0 Å². The number of carbonyl (C=O) groups is 1. The second-order valence-electron chi connectivity index (χ2n) is 5.10. The molecule has 0 spiro atoms. The molecule has 2 rings (SSSR count). The largest absolute Gasteiger partial charge is 0.513 e. The quantitative estimate of drug-likeness (QED) is 0.855. The van der Waals surface area contributed by atoms with Gasteiger partial charge in [-0.2, -0.15) is 0 Å². The molecule has 0 fully saturated rings. The Morgan fingerprint density at radius 1 is 1.32 bits per heavy atom. The van der Waals surface area contributed by atoms with Gasteiger partial charge in [0.25, 0.3) is 0 Å². The summed E-state index contributed by atoms with van der Waals surface area (Å²) in [6.07, 6.45) is 2.20. The van der Waals surface area contributed by atoms with Gasteiger partial charge in [0.2, 0.25) is 0 Å². The van der Waals surface area contributed by atoms with Crippen LogP contribution >= 0.6 is 0 Å². The van der Waals surface area contributed by atoms with Gasteiger partial charge in [-0.25, -0.2) is 4.79 Å². The summed E-state index contributed by atoms with van der Waals surface area (Å²) in [4.78, 5) is 13.7. The third-order valence-electron chi connectivity index (χ3n) is 3.30. The van der Waals surface area contributed by atoms with Gasteiger partial charge in [0.05, 0.1) is 5.76 Å². The highest BCUT2D eigenvalue weighted by molar-refractivity contribution is 5.89. The molecular formula is C15H20N2O2. The Labute approximate surface area is 113 Å². The van der Waals surface area contributed by atoms with Crippen molar-refractivity contribution in [3.63, 3.8) is 0 Å². The van der Waals surface area contributed by atoms with Crippen molar-refractivity contribution in [2.75, 3.05) is 18.4 Å². The van der Waals surface area contributed by atoms with E-state index < -0.39 is 0 Å². The number of hydrogen-bond donors (Lipinski definition) is 2. The number of urea groups is 1. The first-order chi connectivity index (χ1) is 9.06. The first kappa shape index (κ1) is 13.5. The summed E-state index contributed by atoms with van der Waals surface area (Å²) < 4.78 is 0. The Morgan fingerprint density at radius 2 is 2.00 bits per heavy atom. The normalized spacial score (nSPS) is 15.3. The lowest BCUT2D eigenvalue weighted by molar-refractivity contribution is 0.210. The maximum atomic E-state index is 12.0. The van der Waals surface area contributed by atoms with Crippen LogP contribution in [-0.4, -0.2) is 29.1 Å². The molecule has 1 aromatic rings. The summed E-state index contributed by atoms with van der Waals surface area (Å²) in [5.41, 5.74) is 2.05. The summed E-state index contributed by atoms with van der Waals surface area (Å²) >= 11 is 0. The molecule has 1 heterocycles. The Hall–Kier alpha value is -1.97. The number of amides is 2. The van der Waals surface area contributed by atoms with E-state index in [2.05, 4.69) is 19.2 Å². The lowest BCUT2D eigenvalue weighted by atomic mass is 10.0. The highest BCUT2D eigenvalue weighted by Crippen LogP contribution is 2.18. The number of rotatable bonds is 2. The van der Waals surface area contributed by atoms with Crippen molar-refractivity contribution in [1.29, 1.82) is 0 Å². The lowest BCUT2D eigenvalue weighted by Crippen LogP contribution is -2.38. The average molecular weight is 260 g/mol. The van der Waals surface area contributed by atoms with E-state index in [4.69, 9.17) is 0 Å². The average Bonchev–Trinajstić information content (AvgIpc) is 2.40. The molecule has 2 N–H and O–H groups in total. The number of carbonyl (C=O) groups excluding carboxylic acids is 1. The minimum atomic E-state index is -0.124. The Morgan fingerprint density at radius 3 is 2.53 bits per heavy atom. The van der Waals surface area contributed by atoms with Crippen molar-refractivity contribution in [3.05, 3.63) is 41.7 Å². The number of nitrogens with one attached hydrogen (secondary N) is 1. The van der Waals surface area contributed by atoms with E-state index in [-0.39, 0.29) is 6.03 Å². The smallest absolute Gasteiger partial charge is 0.322 e. The standard InChI is InChI=1S/C15H20N2O2/c1-11(2)12-3-5-13(6-4-12)16-15(19)17-9-7-14(18)8-10-17/h3-7,11,18H,8-10H2,1-2H3,(H,16,19). The molecule has 4 nitrogen and oxygen atoms in total. The van der Waals surface area contributed by atoms with Gasteiger partial charge in [-0.3, -0.25) is 0 Å². The van der Waals surface area contributed by atoms with Crippen LogP contribution in [-0.2, 0) is 0 Å². The van der Waals surface area contributed by atoms with Crippen LogP contribution in [0.15, 0.2) is 36.1 Å². The second-order valence-corrected chi connectivity index (χ2v) is 5.10. The molecule has 2 amide bonds. The van der Waals surface area contributed by atoms with Gasteiger partial charge in [0, 0.05) is 25.2 Å². The van der Waals surface area contributed by atoms with Gasteiger partial charge < -0.3 is 15.3 Å². The van der Waals surface area contributed by atoms with Crippen molar-refractivity contribution in [3.8, 4) is 0 Å². The fourth-order valence-electron chi connectivity index (χ4n) is 2.00. The zero-order valence-corrected chi connectivity index (χ0v) is 11.4. The Kier molecular flexibility index (Phi) is 4.10. The third kappa shape index (κ3) is 3.50. The summed E-state index contributed by atoms with van der Waals surface area (Å²) in [7, 11) is 0. The van der Waals surface area contributed by atoms with Crippen LogP contribution in [0, 0.1) is 0 Å². The van der Waals surface area contributed by atoms with E-state index in [1.54, 1.807) is 11.0 Å². The number of aliphatic hydroxyl groups is 1. The van der Waals surface area contributed by atoms with Crippen LogP contribution in [0.5, 0.6) is 0 Å². The monoisotopic (exact) mass is 260 g/mol. The van der Waals surface area contributed by atoms with Crippen LogP contribution in [0.25, 0.3) is 0 Å². The number of hydrogen-bond acceptors (Lipinski definition) is 2. The lowest BCUT2D eigenvalue weighted by Gasteiger charge is -2.24. The van der Waals surface area contributed by atoms with Crippen LogP contribution in [0.4, 0.5) is 10.5 Å². The van der Waals surface area contributed by atoms with Gasteiger partial charge >= 0.3 is 6.03 Å². The van der Waals surface area contributed by atoms with Crippen molar-refractivity contribution in [1.82, 2.24) is 4.90 Å². The molecule has 102 valence electrons. The van der Waals surface area contributed by atoms with E-state index in [0.29, 0.717) is 31.2 Å². The maximum absolute atomic E-state index is 12.0. The van der Waals surface area contributed by atoms with E-state index in [9.17, 15) is 9.90 Å². The molecule has 1 aliphatic rings. The Balaban J connectivity index is 1.95. The van der Waals surface area contributed by atoms with Gasteiger partial charge in [0.15, 0.2) is 0 Å². The van der Waals surface area contributed by atoms with Crippen molar-refractivity contribution in [2.24, 2.45) is 0 Å². The minimum Gasteiger partial charge on any atom is -0.513 e. The summed E-state index contributed by atoms with van der Waals surface area (Å²) in [5, 5.41) is 12.2. The molecule has 0 radical (unpaired) electrons. The van der Waals surface area contributed by atoms with Gasteiger partial charge in [-0.15, -0.1) is 0 Å². The molecule has 0 saturated heterocycles. The van der Waals surface area contributed by atoms with Crippen molar-refractivity contribution < 1.29 is 9.90 Å². The fraction of sp³-hybridized carbons (Fsp3) is 0.400. The number of aliphatic hydroxyl groups excluding tert-OH is 1. The Bertz CT molecular complexity index is 477. The van der Waals surface area contributed by atoms with E-state index in [1.807, 2.05) is 24.3 Å². The molecule has 19 heavy (non-hydrogen) atoms. The molecular weight excluding hydrogens is 240 g/mol. The van der Waals surface area contributed by atoms with Crippen LogP contribution in [0.1, 0.15) is 31.7 Å². The molecule has 4 heteroatoms. The van der Waals surface area contributed by atoms with E-state index in [1.165, 1.54) is 5.56 Å². The highest BCUT2D eigenvalue weighted by Gasteiger charge is 2.16. The van der Waals surface area contributed by atoms with Crippen LogP contribution in [0.2, 0.25) is 0 Å². The zero-order valence-electron chi connectivity index (χ0n) is 11.4. The molecule has 1 aliphatic heterocycles. The summed E-state index contributed by atoms with van der Waals surface area (Å²) in [6.45, 7) is 5.29. The predicted molar refractivity (Wildman–Crippen MR) is 76.5 cm³/mol. The molecule has 0 aromatic heterocycles. The number of nitrogens with zero attached hydrogens (tertiary/aromatic N) is 1. The summed E-state index contributed by atoms with van der Waals surface area (Å²) in [5.74, 6) is 0.852. The maximum Gasteiger partial charge on any atom is 0.322 e. The second kappa shape index (κ2) is 5.78. The van der Waals surface area contributed by atoms with E-state index in [0.717, 1.165) is 5.69 Å². The first-order valence-electron chi connectivity index (χ1n) is 6.60. The molecule has 0 saturated carbocycles. The third-order valence-corrected chi connectivity index (χ3v) is 3.30. The topological polar surface area (TPSA) is 52.6 Å². The number of benzene rings is 1. The SMILES string of the molecule is CC(C)c1ccc(NC(=O)N2CC=C(O)CC2)cc1. The predicted octanol–water partition coefficient (Wildman–Crippen LogP) is 3.49. The molecule has 1 aromatic carbocycles. The van der Waals surface area contributed by atoms with Crippen molar-refractivity contribution in [2.45, 2.75) is 26.2 Å². The zero-order chi connectivity index (χ0) is 13.8. The van der Waals surface area contributed by atoms with Crippen molar-refractivity contribution >= 4 is 11.7 Å². The summed E-state index contributed by atoms with van der Waals surface area (Å²) in [6, 6.07) is 7.78. The molecule has 0 aliphatic carbocycles. The fourth-order valence-corrected chi connectivity index (χ4v) is 2.00. The van der Waals surface area contributed by atoms with Gasteiger partial charge in [-0.1, -0.05) is 26.0 Å². The van der Waals surface area contributed by atoms with Crippen LogP contribution in [0.3, 0.4) is 0 Å². The number of anilines is 1.